The Morgan fingerprint density at radius 3 is 2.11 bits per heavy atom. The minimum atomic E-state index is -0.724. The highest BCUT2D eigenvalue weighted by molar-refractivity contribution is 8.24. The van der Waals surface area contributed by atoms with Crippen LogP contribution in [0.5, 0.6) is 0 Å². The summed E-state index contributed by atoms with van der Waals surface area (Å²) < 4.78 is 7.73. The Hall–Kier alpha value is -2.58. The van der Waals surface area contributed by atoms with Crippen LogP contribution in [-0.4, -0.2) is 18.4 Å². The van der Waals surface area contributed by atoms with Crippen LogP contribution in [0.1, 0.15) is 20.0 Å². The van der Waals surface area contributed by atoms with E-state index in [1.807, 2.05) is 55.1 Å². The fraction of sp³-hybridized carbons (Fsp3) is 0.211. The number of aromatic nitrogens is 2. The standard InChI is InChI=1S/C19H17N3O3S2/c1-19(2)15(20(18(26)27-19)13-9-5-3-6-10-13)22-16(23)21(17(24)25-22)14-11-7-4-8-12-14/h3-12,15H,1-2H3/t15-/m0/s1. The number of benzene rings is 2. The number of thioether (sulfide) groups is 1. The first-order valence-corrected chi connectivity index (χ1v) is 9.60. The molecule has 0 saturated carbocycles. The molecular formula is C19H17N3O3S2. The summed E-state index contributed by atoms with van der Waals surface area (Å²) in [5.41, 5.74) is 0.774. The maximum absolute atomic E-state index is 13.1. The first kappa shape index (κ1) is 17.8. The van der Waals surface area contributed by atoms with Crippen LogP contribution in [-0.2, 0) is 0 Å². The van der Waals surface area contributed by atoms with Gasteiger partial charge in [0.05, 0.1) is 10.4 Å². The molecule has 0 N–H and O–H groups in total. The normalized spacial score (nSPS) is 18.8. The van der Waals surface area contributed by atoms with E-state index in [9.17, 15) is 9.59 Å². The third kappa shape index (κ3) is 2.94. The number of hydrogen-bond acceptors (Lipinski definition) is 5. The number of nitrogens with zero attached hydrogens (tertiary/aromatic N) is 3. The van der Waals surface area contributed by atoms with E-state index in [2.05, 4.69) is 0 Å². The van der Waals surface area contributed by atoms with Gasteiger partial charge in [-0.15, -0.1) is 4.74 Å². The lowest BCUT2D eigenvalue weighted by atomic mass is 10.1. The predicted molar refractivity (Wildman–Crippen MR) is 111 cm³/mol. The Bertz CT molecular complexity index is 1100. The zero-order valence-corrected chi connectivity index (χ0v) is 16.4. The molecule has 1 atom stereocenters. The minimum Gasteiger partial charge on any atom is -0.314 e. The van der Waals surface area contributed by atoms with Crippen LogP contribution in [0.4, 0.5) is 5.69 Å². The van der Waals surface area contributed by atoms with Crippen molar-refractivity contribution in [3.05, 3.63) is 81.7 Å². The Morgan fingerprint density at radius 2 is 1.52 bits per heavy atom. The summed E-state index contributed by atoms with van der Waals surface area (Å²) in [7, 11) is 0. The van der Waals surface area contributed by atoms with Gasteiger partial charge in [0.2, 0.25) is 0 Å². The molecule has 0 amide bonds. The summed E-state index contributed by atoms with van der Waals surface area (Å²) in [6.07, 6.45) is -0.567. The quantitative estimate of drug-likeness (QED) is 0.629. The van der Waals surface area contributed by atoms with E-state index in [1.54, 1.807) is 24.3 Å². The highest BCUT2D eigenvalue weighted by Crippen LogP contribution is 2.48. The molecule has 138 valence electrons. The molecule has 3 aromatic rings. The van der Waals surface area contributed by atoms with Crippen LogP contribution >= 0.6 is 24.0 Å². The largest absolute Gasteiger partial charge is 0.447 e. The monoisotopic (exact) mass is 399 g/mol. The summed E-state index contributed by atoms with van der Waals surface area (Å²) in [5.74, 6) is -0.724. The van der Waals surface area contributed by atoms with E-state index in [4.69, 9.17) is 16.7 Å². The van der Waals surface area contributed by atoms with E-state index >= 15 is 0 Å². The van der Waals surface area contributed by atoms with Crippen molar-refractivity contribution in [3.63, 3.8) is 0 Å². The fourth-order valence-electron chi connectivity index (χ4n) is 3.25. The van der Waals surface area contributed by atoms with Crippen molar-refractivity contribution in [2.24, 2.45) is 0 Å². The van der Waals surface area contributed by atoms with Crippen LogP contribution in [0, 0.1) is 0 Å². The Morgan fingerprint density at radius 1 is 0.963 bits per heavy atom. The average Bonchev–Trinajstić information content (AvgIpc) is 3.07. The Labute approximate surface area is 165 Å². The Kier molecular flexibility index (Phi) is 4.32. The second kappa shape index (κ2) is 6.54. The molecule has 2 heterocycles. The van der Waals surface area contributed by atoms with Crippen LogP contribution in [0.25, 0.3) is 5.69 Å². The fourth-order valence-corrected chi connectivity index (χ4v) is 5.16. The van der Waals surface area contributed by atoms with Crippen LogP contribution < -0.4 is 16.3 Å². The lowest BCUT2D eigenvalue weighted by Crippen LogP contribution is -2.42. The molecule has 1 fully saturated rings. The molecule has 2 aromatic carbocycles. The number of rotatable bonds is 3. The first-order chi connectivity index (χ1) is 12.9. The van der Waals surface area contributed by atoms with Gasteiger partial charge in [0, 0.05) is 5.69 Å². The molecule has 0 spiro atoms. The SMILES string of the molecule is CC1(C)SC(=S)N(c2ccccc2)[C@H]1n1oc(=O)n(-c2ccccc2)c1=O. The lowest BCUT2D eigenvalue weighted by molar-refractivity contribution is 0.182. The van der Waals surface area contributed by atoms with E-state index in [0.29, 0.717) is 10.0 Å². The third-order valence-corrected chi connectivity index (χ3v) is 5.98. The summed E-state index contributed by atoms with van der Waals surface area (Å²) in [5, 5.41) is 0. The van der Waals surface area contributed by atoms with Gasteiger partial charge in [-0.25, -0.2) is 9.59 Å². The van der Waals surface area contributed by atoms with Crippen LogP contribution in [0.2, 0.25) is 0 Å². The van der Waals surface area contributed by atoms with Gasteiger partial charge in [0.25, 0.3) is 0 Å². The molecule has 1 aliphatic rings. The van der Waals surface area contributed by atoms with Gasteiger partial charge < -0.3 is 9.42 Å². The van der Waals surface area contributed by atoms with Crippen LogP contribution in [0.15, 0.2) is 74.8 Å². The second-order valence-corrected chi connectivity index (χ2v) is 8.98. The predicted octanol–water partition coefficient (Wildman–Crippen LogP) is 3.41. The van der Waals surface area contributed by atoms with E-state index in [-0.39, 0.29) is 0 Å². The zero-order valence-electron chi connectivity index (χ0n) is 14.7. The third-order valence-electron chi connectivity index (χ3n) is 4.42. The van der Waals surface area contributed by atoms with Crippen LogP contribution in [0.3, 0.4) is 0 Å². The second-order valence-electron chi connectivity index (χ2n) is 6.69. The molecule has 8 heteroatoms. The molecule has 6 nitrogen and oxygen atoms in total. The summed E-state index contributed by atoms with van der Waals surface area (Å²) in [4.78, 5) is 27.4. The minimum absolute atomic E-state index is 0.465. The Balaban J connectivity index is 1.90. The van der Waals surface area contributed by atoms with Crippen molar-refractivity contribution < 1.29 is 4.52 Å². The van der Waals surface area contributed by atoms with Gasteiger partial charge in [-0.05, 0) is 38.1 Å². The number of para-hydroxylation sites is 2. The van der Waals surface area contributed by atoms with Crippen molar-refractivity contribution in [2.45, 2.75) is 24.8 Å². The van der Waals surface area contributed by atoms with E-state index in [1.165, 1.54) is 11.8 Å². The zero-order chi connectivity index (χ0) is 19.2. The molecule has 1 aliphatic heterocycles. The van der Waals surface area contributed by atoms with Gasteiger partial charge in [-0.1, -0.05) is 60.4 Å². The van der Waals surface area contributed by atoms with Gasteiger partial charge >= 0.3 is 11.4 Å². The first-order valence-electron chi connectivity index (χ1n) is 8.38. The summed E-state index contributed by atoms with van der Waals surface area (Å²) in [6.45, 7) is 3.95. The van der Waals surface area contributed by atoms with E-state index in [0.717, 1.165) is 15.0 Å². The lowest BCUT2D eigenvalue weighted by Gasteiger charge is -2.30. The molecule has 0 radical (unpaired) electrons. The molecule has 0 unspecified atom stereocenters. The molecule has 0 bridgehead atoms. The average molecular weight is 399 g/mol. The molecule has 27 heavy (non-hydrogen) atoms. The summed E-state index contributed by atoms with van der Waals surface area (Å²) in [6, 6.07) is 18.3. The van der Waals surface area contributed by atoms with Gasteiger partial charge in [-0.2, -0.15) is 4.57 Å². The molecule has 0 aliphatic carbocycles. The van der Waals surface area contributed by atoms with Crippen molar-refractivity contribution in [2.75, 3.05) is 4.90 Å². The molecule has 1 saturated heterocycles. The smallest absolute Gasteiger partial charge is 0.314 e. The molecular weight excluding hydrogens is 382 g/mol. The highest BCUT2D eigenvalue weighted by Gasteiger charge is 2.49. The maximum Gasteiger partial charge on any atom is 0.447 e. The van der Waals surface area contributed by atoms with Gasteiger partial charge in [0.15, 0.2) is 6.17 Å². The number of hydrogen-bond donors (Lipinski definition) is 0. The summed E-state index contributed by atoms with van der Waals surface area (Å²) >= 11 is 7.05. The number of thiocarbonyl (C=S) groups is 1. The van der Waals surface area contributed by atoms with Gasteiger partial charge in [-0.3, -0.25) is 0 Å². The van der Waals surface area contributed by atoms with Crippen molar-refractivity contribution in [1.82, 2.24) is 9.31 Å². The van der Waals surface area contributed by atoms with Crippen molar-refractivity contribution in [1.29, 1.82) is 0 Å². The maximum atomic E-state index is 13.1. The van der Waals surface area contributed by atoms with E-state index < -0.39 is 22.4 Å². The van der Waals surface area contributed by atoms with Crippen molar-refractivity contribution in [3.8, 4) is 5.69 Å². The highest BCUT2D eigenvalue weighted by atomic mass is 32.2. The topological polar surface area (TPSA) is 60.4 Å². The van der Waals surface area contributed by atoms with Crippen molar-refractivity contribution >= 4 is 34.0 Å². The molecule has 4 rings (SSSR count). The molecule has 1 aromatic heterocycles. The number of anilines is 1. The van der Waals surface area contributed by atoms with Gasteiger partial charge in [0.1, 0.15) is 4.32 Å².